The summed E-state index contributed by atoms with van der Waals surface area (Å²) in [5.41, 5.74) is 3.33. The lowest BCUT2D eigenvalue weighted by atomic mass is 10.1. The number of nitrogens with zero attached hydrogens (tertiary/aromatic N) is 3. The van der Waals surface area contributed by atoms with Crippen molar-refractivity contribution in [2.45, 2.75) is 32.8 Å². The molecule has 1 atom stereocenters. The predicted octanol–water partition coefficient (Wildman–Crippen LogP) is 2.93. The highest BCUT2D eigenvalue weighted by Gasteiger charge is 2.22. The van der Waals surface area contributed by atoms with E-state index in [1.165, 1.54) is 5.56 Å². The van der Waals surface area contributed by atoms with Gasteiger partial charge in [-0.05, 0) is 32.3 Å². The maximum Gasteiger partial charge on any atom is 0.150 e. The van der Waals surface area contributed by atoms with E-state index in [9.17, 15) is 0 Å². The summed E-state index contributed by atoms with van der Waals surface area (Å²) in [7, 11) is 0. The zero-order chi connectivity index (χ0) is 15.4. The molecule has 1 aliphatic heterocycles. The predicted molar refractivity (Wildman–Crippen MR) is 88.2 cm³/mol. The van der Waals surface area contributed by atoms with Crippen LogP contribution in [0.15, 0.2) is 36.5 Å². The van der Waals surface area contributed by atoms with Crippen molar-refractivity contribution in [2.75, 3.05) is 24.6 Å². The molecule has 1 aromatic heterocycles. The van der Waals surface area contributed by atoms with Crippen LogP contribution in [0.3, 0.4) is 0 Å². The Morgan fingerprint density at radius 1 is 1.23 bits per heavy atom. The van der Waals surface area contributed by atoms with E-state index in [0.29, 0.717) is 0 Å². The van der Waals surface area contributed by atoms with E-state index in [1.54, 1.807) is 0 Å². The third-order valence-electron chi connectivity index (χ3n) is 4.09. The first kappa shape index (κ1) is 15.0. The maximum absolute atomic E-state index is 5.93. The summed E-state index contributed by atoms with van der Waals surface area (Å²) in [5.74, 6) is 1.01. The van der Waals surface area contributed by atoms with Crippen LogP contribution in [-0.4, -0.2) is 35.8 Å². The van der Waals surface area contributed by atoms with E-state index in [2.05, 4.69) is 45.2 Å². The summed E-state index contributed by atoms with van der Waals surface area (Å²) in [6.45, 7) is 6.56. The van der Waals surface area contributed by atoms with Crippen LogP contribution in [0.4, 0.5) is 5.82 Å². The van der Waals surface area contributed by atoms with Gasteiger partial charge in [0, 0.05) is 19.3 Å². The number of ether oxygens (including phenoxy) is 1. The first-order chi connectivity index (χ1) is 10.7. The van der Waals surface area contributed by atoms with Gasteiger partial charge in [0.25, 0.3) is 0 Å². The van der Waals surface area contributed by atoms with Gasteiger partial charge in [-0.3, -0.25) is 4.98 Å². The quantitative estimate of drug-likeness (QED) is 0.869. The summed E-state index contributed by atoms with van der Waals surface area (Å²) in [4.78, 5) is 11.4. The summed E-state index contributed by atoms with van der Waals surface area (Å²) in [6.07, 6.45) is 4.18. The molecule has 1 fully saturated rings. The smallest absolute Gasteiger partial charge is 0.150 e. The second-order valence-electron chi connectivity index (χ2n) is 5.88. The molecule has 0 amide bonds. The molecule has 116 valence electrons. The molecular formula is C18H23N3O. The van der Waals surface area contributed by atoms with Crippen molar-refractivity contribution in [2.24, 2.45) is 0 Å². The van der Waals surface area contributed by atoms with Crippen molar-refractivity contribution in [1.29, 1.82) is 0 Å². The average Bonchev–Trinajstić information content (AvgIpc) is 2.56. The normalized spacial score (nSPS) is 18.5. The highest BCUT2D eigenvalue weighted by molar-refractivity contribution is 5.43. The largest absolute Gasteiger partial charge is 0.375 e. The highest BCUT2D eigenvalue weighted by Crippen LogP contribution is 2.20. The molecule has 0 bridgehead atoms. The standard InChI is InChI=1S/C18H23N3O/c1-14-12-19-15(2)18(20-14)21-10-11-22-17(13-21)9-8-16-6-4-3-5-7-16/h3-7,12,17H,8-11,13H2,1-2H3/t17-/m1/s1. The Morgan fingerprint density at radius 2 is 2.05 bits per heavy atom. The van der Waals surface area contributed by atoms with Crippen molar-refractivity contribution in [3.8, 4) is 0 Å². The Kier molecular flexibility index (Phi) is 4.68. The molecule has 4 nitrogen and oxygen atoms in total. The fourth-order valence-electron chi connectivity index (χ4n) is 2.88. The summed E-state index contributed by atoms with van der Waals surface area (Å²) < 4.78 is 5.93. The SMILES string of the molecule is Cc1cnc(C)c(N2CCO[C@H](CCc3ccccc3)C2)n1. The molecule has 22 heavy (non-hydrogen) atoms. The van der Waals surface area contributed by atoms with Crippen molar-refractivity contribution in [3.63, 3.8) is 0 Å². The molecule has 4 heteroatoms. The average molecular weight is 297 g/mol. The number of aryl methyl sites for hydroxylation is 3. The molecular weight excluding hydrogens is 274 g/mol. The van der Waals surface area contributed by atoms with Gasteiger partial charge in [0.2, 0.25) is 0 Å². The van der Waals surface area contributed by atoms with E-state index in [-0.39, 0.29) is 6.10 Å². The maximum atomic E-state index is 5.93. The number of hydrogen-bond donors (Lipinski definition) is 0. The Morgan fingerprint density at radius 3 is 2.86 bits per heavy atom. The molecule has 0 saturated carbocycles. The Balaban J connectivity index is 1.63. The zero-order valence-electron chi connectivity index (χ0n) is 13.3. The second kappa shape index (κ2) is 6.88. The molecule has 0 unspecified atom stereocenters. The zero-order valence-corrected chi connectivity index (χ0v) is 13.3. The number of aromatic nitrogens is 2. The van der Waals surface area contributed by atoms with Gasteiger partial charge in [0.1, 0.15) is 0 Å². The van der Waals surface area contributed by atoms with Crippen LogP contribution in [0.2, 0.25) is 0 Å². The monoisotopic (exact) mass is 297 g/mol. The number of rotatable bonds is 4. The van der Waals surface area contributed by atoms with E-state index in [4.69, 9.17) is 4.74 Å². The van der Waals surface area contributed by atoms with Gasteiger partial charge in [0.15, 0.2) is 5.82 Å². The summed E-state index contributed by atoms with van der Waals surface area (Å²) in [6, 6.07) is 10.6. The molecule has 1 aromatic carbocycles. The molecule has 2 aromatic rings. The van der Waals surface area contributed by atoms with E-state index >= 15 is 0 Å². The van der Waals surface area contributed by atoms with Crippen LogP contribution in [0.5, 0.6) is 0 Å². The molecule has 0 radical (unpaired) electrons. The molecule has 1 saturated heterocycles. The van der Waals surface area contributed by atoms with Gasteiger partial charge >= 0.3 is 0 Å². The second-order valence-corrected chi connectivity index (χ2v) is 5.88. The number of morpholine rings is 1. The highest BCUT2D eigenvalue weighted by atomic mass is 16.5. The van der Waals surface area contributed by atoms with E-state index in [0.717, 1.165) is 49.7 Å². The van der Waals surface area contributed by atoms with Crippen molar-refractivity contribution >= 4 is 5.82 Å². The first-order valence-corrected chi connectivity index (χ1v) is 7.93. The summed E-state index contributed by atoms with van der Waals surface area (Å²) in [5, 5.41) is 0. The lowest BCUT2D eigenvalue weighted by Gasteiger charge is -2.34. The van der Waals surface area contributed by atoms with Crippen LogP contribution in [0.1, 0.15) is 23.4 Å². The van der Waals surface area contributed by atoms with E-state index < -0.39 is 0 Å². The minimum absolute atomic E-state index is 0.260. The minimum atomic E-state index is 0.260. The Bertz CT molecular complexity index is 615. The van der Waals surface area contributed by atoms with Crippen LogP contribution >= 0.6 is 0 Å². The number of anilines is 1. The first-order valence-electron chi connectivity index (χ1n) is 7.93. The van der Waals surface area contributed by atoms with Crippen molar-refractivity contribution in [3.05, 3.63) is 53.5 Å². The van der Waals surface area contributed by atoms with Crippen molar-refractivity contribution in [1.82, 2.24) is 9.97 Å². The molecule has 2 heterocycles. The third-order valence-corrected chi connectivity index (χ3v) is 4.09. The molecule has 0 spiro atoms. The fourth-order valence-corrected chi connectivity index (χ4v) is 2.88. The number of hydrogen-bond acceptors (Lipinski definition) is 4. The van der Waals surface area contributed by atoms with Gasteiger partial charge in [-0.25, -0.2) is 4.98 Å². The van der Waals surface area contributed by atoms with Gasteiger partial charge in [-0.2, -0.15) is 0 Å². The van der Waals surface area contributed by atoms with Crippen LogP contribution in [0, 0.1) is 13.8 Å². The van der Waals surface area contributed by atoms with Gasteiger partial charge in [0.05, 0.1) is 24.1 Å². The third kappa shape index (κ3) is 3.63. The molecule has 0 aliphatic carbocycles. The van der Waals surface area contributed by atoms with Gasteiger partial charge in [-0.1, -0.05) is 30.3 Å². The van der Waals surface area contributed by atoms with Crippen LogP contribution in [0.25, 0.3) is 0 Å². The fraction of sp³-hybridized carbons (Fsp3) is 0.444. The van der Waals surface area contributed by atoms with Crippen molar-refractivity contribution < 1.29 is 4.74 Å². The lowest BCUT2D eigenvalue weighted by molar-refractivity contribution is 0.0351. The van der Waals surface area contributed by atoms with Crippen LogP contribution < -0.4 is 4.90 Å². The lowest BCUT2D eigenvalue weighted by Crippen LogP contribution is -2.43. The molecule has 3 rings (SSSR count). The van der Waals surface area contributed by atoms with Gasteiger partial charge in [-0.15, -0.1) is 0 Å². The number of benzene rings is 1. The topological polar surface area (TPSA) is 38.2 Å². The molecule has 1 aliphatic rings. The minimum Gasteiger partial charge on any atom is -0.375 e. The Labute approximate surface area is 132 Å². The van der Waals surface area contributed by atoms with E-state index in [1.807, 2.05) is 20.0 Å². The Hall–Kier alpha value is -1.94. The summed E-state index contributed by atoms with van der Waals surface area (Å²) >= 11 is 0. The van der Waals surface area contributed by atoms with Crippen LogP contribution in [-0.2, 0) is 11.2 Å². The van der Waals surface area contributed by atoms with Gasteiger partial charge < -0.3 is 9.64 Å². The molecule has 0 N–H and O–H groups in total.